The smallest absolute Gasteiger partial charge is 0.246 e. The van der Waals surface area contributed by atoms with Gasteiger partial charge in [0.25, 0.3) is 0 Å². The Labute approximate surface area is 137 Å². The first-order valence-electron chi connectivity index (χ1n) is 8.56. The molecular formula is C18H26N2O3. The summed E-state index contributed by atoms with van der Waals surface area (Å²) in [7, 11) is 0. The van der Waals surface area contributed by atoms with E-state index in [4.69, 9.17) is 9.47 Å². The van der Waals surface area contributed by atoms with Gasteiger partial charge in [0, 0.05) is 0 Å². The molecule has 0 radical (unpaired) electrons. The van der Waals surface area contributed by atoms with Gasteiger partial charge in [-0.25, -0.2) is 0 Å². The summed E-state index contributed by atoms with van der Waals surface area (Å²) in [6, 6.07) is 10.3. The van der Waals surface area contributed by atoms with Gasteiger partial charge in [-0.2, -0.15) is 0 Å². The van der Waals surface area contributed by atoms with E-state index in [-0.39, 0.29) is 18.6 Å². The summed E-state index contributed by atoms with van der Waals surface area (Å²) in [5, 5.41) is 3.08. The Morgan fingerprint density at radius 3 is 2.74 bits per heavy atom. The Morgan fingerprint density at radius 1 is 1.17 bits per heavy atom. The zero-order valence-corrected chi connectivity index (χ0v) is 13.6. The number of nitrogens with zero attached hydrogens (tertiary/aromatic N) is 1. The number of hydrogen-bond donors (Lipinski definition) is 1. The van der Waals surface area contributed by atoms with Crippen LogP contribution in [0.5, 0.6) is 0 Å². The van der Waals surface area contributed by atoms with Crippen LogP contribution in [0.15, 0.2) is 30.3 Å². The van der Waals surface area contributed by atoms with Crippen LogP contribution in [0.4, 0.5) is 0 Å². The fraction of sp³-hybridized carbons (Fsp3) is 0.611. The highest BCUT2D eigenvalue weighted by atomic mass is 16.5. The van der Waals surface area contributed by atoms with Gasteiger partial charge in [-0.3, -0.25) is 9.69 Å². The Kier molecular flexibility index (Phi) is 6.02. The maximum absolute atomic E-state index is 12.1. The summed E-state index contributed by atoms with van der Waals surface area (Å²) >= 11 is 0. The van der Waals surface area contributed by atoms with Crippen LogP contribution in [0.2, 0.25) is 0 Å². The van der Waals surface area contributed by atoms with Crippen LogP contribution in [-0.2, 0) is 20.9 Å². The van der Waals surface area contributed by atoms with Crippen molar-refractivity contribution in [1.29, 1.82) is 0 Å². The highest BCUT2D eigenvalue weighted by molar-refractivity contribution is 5.77. The minimum absolute atomic E-state index is 0.0570. The van der Waals surface area contributed by atoms with Gasteiger partial charge < -0.3 is 14.8 Å². The molecule has 0 spiro atoms. The lowest BCUT2D eigenvalue weighted by atomic mass is 10.0. The number of nitrogens with one attached hydrogen (secondary N) is 1. The highest BCUT2D eigenvalue weighted by Crippen LogP contribution is 2.18. The molecule has 2 saturated heterocycles. The van der Waals surface area contributed by atoms with Crippen LogP contribution in [0.1, 0.15) is 24.8 Å². The number of piperidine rings is 1. The number of rotatable bonds is 6. The van der Waals surface area contributed by atoms with Gasteiger partial charge in [0.05, 0.1) is 31.9 Å². The quantitative estimate of drug-likeness (QED) is 0.865. The lowest BCUT2D eigenvalue weighted by Crippen LogP contribution is -2.53. The molecule has 0 bridgehead atoms. The van der Waals surface area contributed by atoms with E-state index in [1.165, 1.54) is 19.3 Å². The molecule has 5 heteroatoms. The molecule has 2 aliphatic heterocycles. The van der Waals surface area contributed by atoms with E-state index < -0.39 is 0 Å². The molecule has 126 valence electrons. The SMILES string of the molecule is O=C(COCc1ccccc1)N[C@H]1COC[C@@H]1N1CCCCC1. The molecule has 0 unspecified atom stereocenters. The van der Waals surface area contributed by atoms with E-state index in [9.17, 15) is 4.79 Å². The van der Waals surface area contributed by atoms with Crippen LogP contribution < -0.4 is 5.32 Å². The monoisotopic (exact) mass is 318 g/mol. The molecule has 0 saturated carbocycles. The van der Waals surface area contributed by atoms with Crippen molar-refractivity contribution in [2.24, 2.45) is 0 Å². The molecule has 2 heterocycles. The summed E-state index contributed by atoms with van der Waals surface area (Å²) in [6.07, 6.45) is 3.81. The highest BCUT2D eigenvalue weighted by Gasteiger charge is 2.34. The lowest BCUT2D eigenvalue weighted by molar-refractivity contribution is -0.127. The molecule has 0 aromatic heterocycles. The second-order valence-corrected chi connectivity index (χ2v) is 6.35. The van der Waals surface area contributed by atoms with Gasteiger partial charge in [-0.15, -0.1) is 0 Å². The van der Waals surface area contributed by atoms with Gasteiger partial charge in [-0.1, -0.05) is 36.8 Å². The van der Waals surface area contributed by atoms with Gasteiger partial charge in [-0.05, 0) is 31.5 Å². The lowest BCUT2D eigenvalue weighted by Gasteiger charge is -2.34. The van der Waals surface area contributed by atoms with Crippen LogP contribution in [0, 0.1) is 0 Å². The fourth-order valence-electron chi connectivity index (χ4n) is 3.38. The Bertz CT molecular complexity index is 488. The minimum Gasteiger partial charge on any atom is -0.378 e. The fourth-order valence-corrected chi connectivity index (χ4v) is 3.38. The largest absolute Gasteiger partial charge is 0.378 e. The van der Waals surface area contributed by atoms with Crippen molar-refractivity contribution in [2.75, 3.05) is 32.9 Å². The van der Waals surface area contributed by atoms with E-state index in [0.29, 0.717) is 19.3 Å². The molecule has 2 aliphatic rings. The third-order valence-corrected chi connectivity index (χ3v) is 4.60. The van der Waals surface area contributed by atoms with E-state index in [2.05, 4.69) is 10.2 Å². The number of likely N-dealkylation sites (tertiary alicyclic amines) is 1. The van der Waals surface area contributed by atoms with E-state index >= 15 is 0 Å². The van der Waals surface area contributed by atoms with E-state index in [0.717, 1.165) is 25.3 Å². The number of carbonyl (C=O) groups excluding carboxylic acids is 1. The molecule has 23 heavy (non-hydrogen) atoms. The van der Waals surface area contributed by atoms with Crippen molar-refractivity contribution in [3.8, 4) is 0 Å². The number of ether oxygens (including phenoxy) is 2. The zero-order chi connectivity index (χ0) is 15.9. The van der Waals surface area contributed by atoms with Crippen molar-refractivity contribution in [1.82, 2.24) is 10.2 Å². The first-order valence-corrected chi connectivity index (χ1v) is 8.56. The van der Waals surface area contributed by atoms with Crippen molar-refractivity contribution in [2.45, 2.75) is 38.0 Å². The third-order valence-electron chi connectivity index (χ3n) is 4.60. The minimum atomic E-state index is -0.0570. The standard InChI is InChI=1S/C18H26N2O3/c21-18(14-22-11-15-7-3-1-4-8-15)19-16-12-23-13-17(16)20-9-5-2-6-10-20/h1,3-4,7-8,16-17H,2,5-6,9-14H2,(H,19,21)/t16-,17-/m0/s1. The topological polar surface area (TPSA) is 50.8 Å². The molecule has 2 atom stereocenters. The Hall–Kier alpha value is -1.43. The van der Waals surface area contributed by atoms with Gasteiger partial charge in [0.2, 0.25) is 5.91 Å². The van der Waals surface area contributed by atoms with Crippen LogP contribution in [-0.4, -0.2) is 55.8 Å². The molecule has 1 aromatic rings. The molecule has 5 nitrogen and oxygen atoms in total. The molecule has 1 amide bonds. The number of carbonyl (C=O) groups is 1. The second-order valence-electron chi connectivity index (χ2n) is 6.35. The van der Waals surface area contributed by atoms with E-state index in [1.807, 2.05) is 30.3 Å². The van der Waals surface area contributed by atoms with Crippen molar-refractivity contribution >= 4 is 5.91 Å². The average Bonchev–Trinajstić information content (AvgIpc) is 3.05. The van der Waals surface area contributed by atoms with Crippen molar-refractivity contribution < 1.29 is 14.3 Å². The first kappa shape index (κ1) is 16.4. The van der Waals surface area contributed by atoms with Crippen LogP contribution >= 0.6 is 0 Å². The summed E-state index contributed by atoms with van der Waals surface area (Å²) in [5.41, 5.74) is 1.08. The first-order chi connectivity index (χ1) is 11.3. The Balaban J connectivity index is 1.41. The summed E-state index contributed by atoms with van der Waals surface area (Å²) in [5.74, 6) is -0.0570. The zero-order valence-electron chi connectivity index (χ0n) is 13.6. The van der Waals surface area contributed by atoms with Crippen LogP contribution in [0.3, 0.4) is 0 Å². The molecule has 1 aromatic carbocycles. The summed E-state index contributed by atoms with van der Waals surface area (Å²) in [6.45, 7) is 4.11. The number of hydrogen-bond acceptors (Lipinski definition) is 4. The molecule has 0 aliphatic carbocycles. The average molecular weight is 318 g/mol. The molecule has 2 fully saturated rings. The van der Waals surface area contributed by atoms with Gasteiger partial charge in [0.15, 0.2) is 0 Å². The van der Waals surface area contributed by atoms with E-state index in [1.54, 1.807) is 0 Å². The number of benzene rings is 1. The number of amides is 1. The van der Waals surface area contributed by atoms with Gasteiger partial charge >= 0.3 is 0 Å². The third kappa shape index (κ3) is 4.77. The van der Waals surface area contributed by atoms with Crippen molar-refractivity contribution in [3.05, 3.63) is 35.9 Å². The Morgan fingerprint density at radius 2 is 1.96 bits per heavy atom. The molecular weight excluding hydrogens is 292 g/mol. The second kappa shape index (κ2) is 8.43. The normalized spacial score (nSPS) is 25.4. The maximum atomic E-state index is 12.1. The maximum Gasteiger partial charge on any atom is 0.246 e. The van der Waals surface area contributed by atoms with Gasteiger partial charge in [0.1, 0.15) is 6.61 Å². The summed E-state index contributed by atoms with van der Waals surface area (Å²) < 4.78 is 11.1. The predicted molar refractivity (Wildman–Crippen MR) is 88.1 cm³/mol. The molecule has 3 rings (SSSR count). The molecule has 1 N–H and O–H groups in total. The predicted octanol–water partition coefficient (Wildman–Crippen LogP) is 1.57. The van der Waals surface area contributed by atoms with Crippen molar-refractivity contribution in [3.63, 3.8) is 0 Å². The van der Waals surface area contributed by atoms with Crippen LogP contribution in [0.25, 0.3) is 0 Å². The summed E-state index contributed by atoms with van der Waals surface area (Å²) in [4.78, 5) is 14.6.